The number of anilines is 12. The van der Waals surface area contributed by atoms with Gasteiger partial charge < -0.3 is 0 Å². The van der Waals surface area contributed by atoms with Gasteiger partial charge in [-0.3, -0.25) is 0 Å². The standard InChI is InChI=1S/C87H74Ge2N5/c1-88(2,3)67-41-47-73(48-42-67)93(75-55-51-71(52-56-75)91(84-37-21-27-65-25-13-15-31-78(65)84)70-45-39-64(40-46-70)63-23-9-7-10-24-63)86-80-33-17-19-35-82(80)87(83-36-20-18-34-81(83)86)94(74-49-43-68(44-50-74)89(4,5)6)76-57-53-72(54-58-76)92(85-38-22-28-66-26-14-16-32-79(66)85)77-59-61-90(62-60-77)69-29-11-8-12-30-69/h7-62H,1-6H3/q+1. The molecule has 0 saturated carbocycles. The van der Waals surface area contributed by atoms with Crippen LogP contribution in [0.25, 0.3) is 59.9 Å². The maximum absolute atomic E-state index is 2.52. The summed E-state index contributed by atoms with van der Waals surface area (Å²) in [6.45, 7) is 0. The Morgan fingerprint density at radius 3 is 0.872 bits per heavy atom. The average molecular weight is 1330 g/mol. The van der Waals surface area contributed by atoms with Crippen molar-refractivity contribution in [3.63, 3.8) is 0 Å². The van der Waals surface area contributed by atoms with Crippen LogP contribution in [-0.4, -0.2) is 26.5 Å². The molecule has 1 heterocycles. The molecule has 0 aliphatic carbocycles. The second-order valence-corrected chi connectivity index (χ2v) is 47.8. The zero-order valence-electron chi connectivity index (χ0n) is 54.1. The Morgan fingerprint density at radius 2 is 0.500 bits per heavy atom. The molecule has 0 N–H and O–H groups in total. The monoisotopic (exact) mass is 1340 g/mol. The van der Waals surface area contributed by atoms with Crippen LogP contribution >= 0.6 is 0 Å². The van der Waals surface area contributed by atoms with Gasteiger partial charge in [0.1, 0.15) is 0 Å². The molecule has 14 aromatic carbocycles. The molecule has 0 aliphatic rings. The molecule has 0 saturated heterocycles. The summed E-state index contributed by atoms with van der Waals surface area (Å²) in [4.78, 5) is 9.85. The molecule has 0 unspecified atom stereocenters. The van der Waals surface area contributed by atoms with Gasteiger partial charge in [-0.1, -0.05) is 133 Å². The van der Waals surface area contributed by atoms with E-state index in [-0.39, 0.29) is 0 Å². The Balaban J connectivity index is 0.905. The minimum absolute atomic E-state index is 1.06. The van der Waals surface area contributed by atoms with Gasteiger partial charge in [0.15, 0.2) is 12.4 Å². The van der Waals surface area contributed by atoms with Gasteiger partial charge in [0, 0.05) is 12.1 Å². The molecular formula is C87H74Ge2N5+. The van der Waals surface area contributed by atoms with Gasteiger partial charge in [0.05, 0.1) is 0 Å². The van der Waals surface area contributed by atoms with Gasteiger partial charge in [-0.25, -0.2) is 0 Å². The molecule has 1 aromatic heterocycles. The van der Waals surface area contributed by atoms with E-state index in [1.807, 2.05) is 0 Å². The minimum atomic E-state index is -2.23. The van der Waals surface area contributed by atoms with E-state index in [0.717, 1.165) is 95.5 Å². The summed E-state index contributed by atoms with van der Waals surface area (Å²) < 4.78 is 5.11. The Labute approximate surface area is 558 Å². The number of rotatable bonds is 16. The second-order valence-electron chi connectivity index (χ2n) is 26.5. The Bertz CT molecular complexity index is 4790. The summed E-state index contributed by atoms with van der Waals surface area (Å²) in [5.74, 6) is 14.9. The molecule has 0 atom stereocenters. The first-order valence-corrected chi connectivity index (χ1v) is 47.3. The number of benzene rings is 14. The first kappa shape index (κ1) is 59.8. The number of nitrogens with zero attached hydrogens (tertiary/aromatic N) is 5. The molecule has 454 valence electrons. The van der Waals surface area contributed by atoms with Crippen molar-refractivity contribution in [3.8, 4) is 16.8 Å². The van der Waals surface area contributed by atoms with Crippen LogP contribution in [0.3, 0.4) is 0 Å². The Morgan fingerprint density at radius 1 is 0.223 bits per heavy atom. The van der Waals surface area contributed by atoms with E-state index < -0.39 is 26.5 Å². The van der Waals surface area contributed by atoms with Crippen LogP contribution in [-0.2, 0) is 0 Å². The van der Waals surface area contributed by atoms with Crippen LogP contribution in [0.2, 0.25) is 34.5 Å². The third-order valence-corrected chi connectivity index (χ3v) is 27.1. The van der Waals surface area contributed by atoms with Crippen LogP contribution in [0.5, 0.6) is 0 Å². The number of fused-ring (bicyclic) bond motifs is 4. The van der Waals surface area contributed by atoms with E-state index in [0.29, 0.717) is 0 Å². The van der Waals surface area contributed by atoms with Crippen LogP contribution < -0.4 is 33.0 Å². The molecule has 15 aromatic rings. The summed E-state index contributed by atoms with van der Waals surface area (Å²) in [7, 11) is 0. The zero-order chi connectivity index (χ0) is 63.9. The zero-order valence-corrected chi connectivity index (χ0v) is 58.3. The van der Waals surface area contributed by atoms with Crippen LogP contribution in [0, 0.1) is 0 Å². The van der Waals surface area contributed by atoms with Crippen molar-refractivity contribution in [2.45, 2.75) is 34.5 Å². The number of para-hydroxylation sites is 1. The molecule has 0 radical (unpaired) electrons. The van der Waals surface area contributed by atoms with Crippen LogP contribution in [0.1, 0.15) is 0 Å². The molecule has 94 heavy (non-hydrogen) atoms. The van der Waals surface area contributed by atoms with Crippen molar-refractivity contribution in [1.82, 2.24) is 0 Å². The van der Waals surface area contributed by atoms with Crippen molar-refractivity contribution < 1.29 is 4.57 Å². The fraction of sp³-hybridized carbons (Fsp3) is 0.0690. The van der Waals surface area contributed by atoms with Gasteiger partial charge in [0.2, 0.25) is 5.69 Å². The predicted molar refractivity (Wildman–Crippen MR) is 408 cm³/mol. The molecular weight excluding hydrogens is 1260 g/mol. The van der Waals surface area contributed by atoms with Crippen LogP contribution in [0.4, 0.5) is 68.2 Å². The molecule has 0 fully saturated rings. The average Bonchev–Trinajstić information content (AvgIpc) is 0.778. The first-order valence-electron chi connectivity index (χ1n) is 32.6. The summed E-state index contributed by atoms with van der Waals surface area (Å²) in [6, 6.07) is 121. The SMILES string of the molecule is [CH3][Ge]([CH3])([CH3])[c]1ccc(N(c2ccc(N(c3ccc(-c4ccccc4)cc3)c3cccc4ccccc34)cc2)c2c3ccccc3c(N(c3ccc(N(c4cc[n+](-c5ccccc5)cc4)c4cccc5ccccc45)cc3)c3cc[c]([Ge]([CH3])([CH3])[CH3])cc3)c3ccccc23)cc1. The number of pyridine rings is 1. The van der Waals surface area contributed by atoms with Gasteiger partial charge in [-0.2, -0.15) is 4.57 Å². The van der Waals surface area contributed by atoms with Gasteiger partial charge in [0.25, 0.3) is 0 Å². The molecule has 15 rings (SSSR count). The maximum atomic E-state index is 2.52. The van der Waals surface area contributed by atoms with E-state index in [2.05, 4.69) is 399 Å². The van der Waals surface area contributed by atoms with Crippen molar-refractivity contribution in [2.24, 2.45) is 0 Å². The van der Waals surface area contributed by atoms with Gasteiger partial charge in [-0.05, 0) is 21.9 Å². The normalized spacial score (nSPS) is 11.7. The predicted octanol–water partition coefficient (Wildman–Crippen LogP) is 23.2. The van der Waals surface area contributed by atoms with E-state index in [4.69, 9.17) is 0 Å². The quantitative estimate of drug-likeness (QED) is 0.0415. The van der Waals surface area contributed by atoms with E-state index in [1.165, 1.54) is 41.5 Å². The fourth-order valence-corrected chi connectivity index (χ4v) is 18.4. The first-order chi connectivity index (χ1) is 45.9. The molecule has 5 nitrogen and oxygen atoms in total. The molecule has 7 heteroatoms. The van der Waals surface area contributed by atoms with E-state index in [1.54, 1.807) is 0 Å². The third kappa shape index (κ3) is 11.6. The van der Waals surface area contributed by atoms with Gasteiger partial charge >= 0.3 is 372 Å². The van der Waals surface area contributed by atoms with Crippen molar-refractivity contribution >= 4 is 147 Å². The summed E-state index contributed by atoms with van der Waals surface area (Å²) in [5, 5.41) is 9.36. The topological polar surface area (TPSA) is 16.8 Å². The molecule has 0 amide bonds. The Kier molecular flexibility index (Phi) is 16.1. The number of aromatic nitrogens is 1. The van der Waals surface area contributed by atoms with Crippen LogP contribution in [0.15, 0.2) is 340 Å². The second kappa shape index (κ2) is 25.2. The van der Waals surface area contributed by atoms with Crippen molar-refractivity contribution in [2.75, 3.05) is 19.6 Å². The fourth-order valence-electron chi connectivity index (χ4n) is 13.5. The summed E-state index contributed by atoms with van der Waals surface area (Å²) in [5.41, 5.74) is 16.6. The van der Waals surface area contributed by atoms with E-state index >= 15 is 0 Å². The van der Waals surface area contributed by atoms with E-state index in [9.17, 15) is 0 Å². The Hall–Kier alpha value is -10.4. The number of hydrogen-bond acceptors (Lipinski definition) is 4. The third-order valence-electron chi connectivity index (χ3n) is 18.4. The van der Waals surface area contributed by atoms with Crippen molar-refractivity contribution in [1.29, 1.82) is 0 Å². The molecule has 0 aliphatic heterocycles. The summed E-state index contributed by atoms with van der Waals surface area (Å²) in [6.07, 6.45) is 4.33. The summed E-state index contributed by atoms with van der Waals surface area (Å²) >= 11 is -4.47. The van der Waals surface area contributed by atoms with Crippen molar-refractivity contribution in [3.05, 3.63) is 340 Å². The molecule has 0 spiro atoms. The van der Waals surface area contributed by atoms with Gasteiger partial charge in [-0.15, -0.1) is 0 Å². The number of hydrogen-bond donors (Lipinski definition) is 0. The molecule has 0 bridgehead atoms.